The average Bonchev–Trinajstić information content (AvgIpc) is 2.79. The molecule has 0 saturated heterocycles. The van der Waals surface area contributed by atoms with E-state index >= 15 is 0 Å². The highest BCUT2D eigenvalue weighted by Crippen LogP contribution is 2.37. The average molecular weight is 317 g/mol. The third-order valence-corrected chi connectivity index (χ3v) is 4.34. The third kappa shape index (κ3) is 3.06. The molecule has 0 aliphatic heterocycles. The molecule has 1 aromatic heterocycles. The van der Waals surface area contributed by atoms with Crippen molar-refractivity contribution in [2.45, 2.75) is 20.0 Å². The zero-order chi connectivity index (χ0) is 14.0. The lowest BCUT2D eigenvalue weighted by molar-refractivity contribution is 0.220. The highest BCUT2D eigenvalue weighted by Gasteiger charge is 2.19. The maximum atomic E-state index is 10.4. The molecule has 19 heavy (non-hydrogen) atoms. The molecular weight excluding hydrogens is 303 g/mol. The fraction of sp³-hybridized carbons (Fsp3) is 0.286. The van der Waals surface area contributed by atoms with Crippen molar-refractivity contribution < 1.29 is 9.84 Å². The number of benzene rings is 1. The second-order valence-corrected chi connectivity index (χ2v) is 5.71. The molecule has 2 rings (SSSR count). The van der Waals surface area contributed by atoms with Gasteiger partial charge in [0.2, 0.25) is 0 Å². The Morgan fingerprint density at radius 2 is 1.95 bits per heavy atom. The summed E-state index contributed by atoms with van der Waals surface area (Å²) in [6.45, 7) is 4.35. The lowest BCUT2D eigenvalue weighted by atomic mass is 10.0. The molecule has 0 aliphatic carbocycles. The summed E-state index contributed by atoms with van der Waals surface area (Å²) in [7, 11) is 0. The number of halogens is 2. The molecule has 0 spiro atoms. The van der Waals surface area contributed by atoms with Gasteiger partial charge in [-0.1, -0.05) is 23.2 Å². The molecule has 0 radical (unpaired) electrons. The number of hydrogen-bond acceptors (Lipinski definition) is 3. The van der Waals surface area contributed by atoms with E-state index in [0.29, 0.717) is 28.0 Å². The van der Waals surface area contributed by atoms with Crippen LogP contribution < -0.4 is 4.74 Å². The lowest BCUT2D eigenvalue weighted by Gasteiger charge is -2.15. The Kier molecular flexibility index (Phi) is 4.74. The molecule has 1 unspecified atom stereocenters. The zero-order valence-corrected chi connectivity index (χ0v) is 12.9. The number of ether oxygens (including phenoxy) is 1. The molecular formula is C14H14Cl2O2S. The van der Waals surface area contributed by atoms with Gasteiger partial charge < -0.3 is 9.84 Å². The Hall–Kier alpha value is -0.740. The molecule has 1 aromatic carbocycles. The van der Waals surface area contributed by atoms with Gasteiger partial charge in [-0.25, -0.2) is 0 Å². The zero-order valence-electron chi connectivity index (χ0n) is 10.6. The van der Waals surface area contributed by atoms with Crippen LogP contribution in [0.25, 0.3) is 0 Å². The van der Waals surface area contributed by atoms with E-state index in [1.807, 2.05) is 24.6 Å². The molecule has 0 bridgehead atoms. The molecule has 1 N–H and O–H groups in total. The molecule has 1 atom stereocenters. The summed E-state index contributed by atoms with van der Waals surface area (Å²) in [4.78, 5) is 0. The number of aryl methyl sites for hydroxylation is 1. The van der Waals surface area contributed by atoms with Gasteiger partial charge in [-0.05, 0) is 41.8 Å². The molecule has 2 nitrogen and oxygen atoms in total. The second-order valence-electron chi connectivity index (χ2n) is 4.15. The third-order valence-electron chi connectivity index (χ3n) is 2.84. The Morgan fingerprint density at radius 1 is 1.21 bits per heavy atom. The van der Waals surface area contributed by atoms with Gasteiger partial charge in [0, 0.05) is 11.6 Å². The van der Waals surface area contributed by atoms with Gasteiger partial charge in [-0.3, -0.25) is 0 Å². The van der Waals surface area contributed by atoms with Crippen molar-refractivity contribution in [3.63, 3.8) is 0 Å². The minimum atomic E-state index is -0.771. The largest absolute Gasteiger partial charge is 0.492 e. The number of aliphatic hydroxyl groups excluding tert-OH is 1. The smallest absolute Gasteiger partial charge is 0.139 e. The van der Waals surface area contributed by atoms with Crippen LogP contribution in [0.3, 0.4) is 0 Å². The highest BCUT2D eigenvalue weighted by atomic mass is 35.5. The maximum Gasteiger partial charge on any atom is 0.139 e. The first kappa shape index (κ1) is 14.7. The van der Waals surface area contributed by atoms with E-state index < -0.39 is 6.10 Å². The van der Waals surface area contributed by atoms with Gasteiger partial charge in [0.05, 0.1) is 16.7 Å². The van der Waals surface area contributed by atoms with Crippen LogP contribution in [0, 0.1) is 6.92 Å². The first-order valence-electron chi connectivity index (χ1n) is 5.87. The fourth-order valence-corrected chi connectivity index (χ4v) is 3.19. The molecule has 0 fully saturated rings. The topological polar surface area (TPSA) is 29.5 Å². The number of rotatable bonds is 4. The summed E-state index contributed by atoms with van der Waals surface area (Å²) in [6.07, 6.45) is -0.771. The normalized spacial score (nSPS) is 12.5. The van der Waals surface area contributed by atoms with Crippen LogP contribution >= 0.6 is 34.5 Å². The summed E-state index contributed by atoms with van der Waals surface area (Å²) in [5.74, 6) is 0.534. The van der Waals surface area contributed by atoms with Crippen molar-refractivity contribution in [3.05, 3.63) is 49.6 Å². The van der Waals surface area contributed by atoms with E-state index in [1.165, 1.54) is 0 Å². The van der Waals surface area contributed by atoms with Crippen molar-refractivity contribution in [2.75, 3.05) is 6.61 Å². The van der Waals surface area contributed by atoms with E-state index in [2.05, 4.69) is 0 Å². The van der Waals surface area contributed by atoms with Crippen LogP contribution in [-0.4, -0.2) is 11.7 Å². The summed E-state index contributed by atoms with van der Waals surface area (Å²) in [5, 5.41) is 15.2. The van der Waals surface area contributed by atoms with E-state index in [9.17, 15) is 5.11 Å². The van der Waals surface area contributed by atoms with Crippen LogP contribution in [0.2, 0.25) is 10.0 Å². The molecule has 5 heteroatoms. The summed E-state index contributed by atoms with van der Waals surface area (Å²) in [5.41, 5.74) is 2.49. The van der Waals surface area contributed by atoms with Crippen LogP contribution in [0.4, 0.5) is 0 Å². The maximum absolute atomic E-state index is 10.4. The Balaban J connectivity index is 2.40. The predicted octanol–water partition coefficient (Wildman–Crippen LogP) is 4.84. The molecule has 102 valence electrons. The van der Waals surface area contributed by atoms with Crippen molar-refractivity contribution in [3.8, 4) is 5.75 Å². The van der Waals surface area contributed by atoms with E-state index in [1.54, 1.807) is 23.5 Å². The molecule has 0 amide bonds. The van der Waals surface area contributed by atoms with Crippen molar-refractivity contribution >= 4 is 34.5 Å². The molecule has 2 aromatic rings. The number of hydrogen-bond donors (Lipinski definition) is 1. The van der Waals surface area contributed by atoms with Gasteiger partial charge in [-0.2, -0.15) is 11.3 Å². The second kappa shape index (κ2) is 6.14. The highest BCUT2D eigenvalue weighted by molar-refractivity contribution is 7.08. The van der Waals surface area contributed by atoms with Gasteiger partial charge in [0.15, 0.2) is 0 Å². The Bertz CT molecular complexity index is 581. The Morgan fingerprint density at radius 3 is 2.53 bits per heavy atom. The van der Waals surface area contributed by atoms with Gasteiger partial charge in [0.25, 0.3) is 0 Å². The van der Waals surface area contributed by atoms with E-state index in [0.717, 1.165) is 11.1 Å². The quantitative estimate of drug-likeness (QED) is 0.874. The van der Waals surface area contributed by atoms with Crippen LogP contribution in [0.15, 0.2) is 22.9 Å². The van der Waals surface area contributed by atoms with Crippen molar-refractivity contribution in [1.29, 1.82) is 0 Å². The first-order chi connectivity index (χ1) is 9.04. The lowest BCUT2D eigenvalue weighted by Crippen LogP contribution is -2.02. The van der Waals surface area contributed by atoms with Gasteiger partial charge >= 0.3 is 0 Å². The minimum absolute atomic E-state index is 0.450. The van der Waals surface area contributed by atoms with E-state index in [-0.39, 0.29) is 0 Å². The number of aliphatic hydroxyl groups is 1. The predicted molar refractivity (Wildman–Crippen MR) is 80.7 cm³/mol. The van der Waals surface area contributed by atoms with Crippen LogP contribution in [0.5, 0.6) is 5.75 Å². The SMILES string of the molecule is CCOc1cc(Cl)c(C(O)c2cscc2C)cc1Cl. The molecule has 1 heterocycles. The van der Waals surface area contributed by atoms with Crippen LogP contribution in [0.1, 0.15) is 29.7 Å². The standard InChI is InChI=1S/C14H14Cl2O2S/c1-3-18-13-5-11(15)9(4-12(13)16)14(17)10-7-19-6-8(10)2/h4-7,14,17H,3H2,1-2H3. The van der Waals surface area contributed by atoms with Crippen molar-refractivity contribution in [2.24, 2.45) is 0 Å². The first-order valence-corrected chi connectivity index (χ1v) is 7.57. The number of thiophene rings is 1. The van der Waals surface area contributed by atoms with Crippen LogP contribution in [-0.2, 0) is 0 Å². The van der Waals surface area contributed by atoms with E-state index in [4.69, 9.17) is 27.9 Å². The minimum Gasteiger partial charge on any atom is -0.492 e. The monoisotopic (exact) mass is 316 g/mol. The molecule has 0 saturated carbocycles. The van der Waals surface area contributed by atoms with Crippen molar-refractivity contribution in [1.82, 2.24) is 0 Å². The summed E-state index contributed by atoms with van der Waals surface area (Å²) < 4.78 is 5.37. The van der Waals surface area contributed by atoms with Gasteiger partial charge in [-0.15, -0.1) is 0 Å². The fourth-order valence-electron chi connectivity index (χ4n) is 1.84. The summed E-state index contributed by atoms with van der Waals surface area (Å²) in [6, 6.07) is 3.31. The van der Waals surface area contributed by atoms with Gasteiger partial charge in [0.1, 0.15) is 11.9 Å². The Labute approximate surface area is 126 Å². The summed E-state index contributed by atoms with van der Waals surface area (Å²) >= 11 is 13.9. The molecule has 0 aliphatic rings.